The molecule has 0 unspecified atom stereocenters. The van der Waals surface area contributed by atoms with E-state index in [1.54, 1.807) is 6.33 Å². The Morgan fingerprint density at radius 1 is 1.34 bits per heavy atom. The molecule has 1 aromatic carbocycles. The van der Waals surface area contributed by atoms with Crippen LogP contribution in [0.4, 0.5) is 11.6 Å². The molecule has 1 fully saturated rings. The molecule has 1 saturated heterocycles. The number of aromatic nitrogens is 2. The van der Waals surface area contributed by atoms with Gasteiger partial charge in [0.25, 0.3) is 0 Å². The third-order valence-electron chi connectivity index (χ3n) is 5.16. The highest BCUT2D eigenvalue weighted by atomic mass is 16.5. The predicted molar refractivity (Wildman–Crippen MR) is 116 cm³/mol. The fraction of sp³-hybridized carbons (Fsp3) is 0.500. The van der Waals surface area contributed by atoms with Gasteiger partial charge < -0.3 is 19.9 Å². The Morgan fingerprint density at radius 3 is 2.79 bits per heavy atom. The van der Waals surface area contributed by atoms with Gasteiger partial charge in [0.2, 0.25) is 5.91 Å². The molecule has 1 aliphatic rings. The molecule has 0 saturated carbocycles. The Morgan fingerprint density at radius 2 is 2.10 bits per heavy atom. The Kier molecular flexibility index (Phi) is 6.90. The average molecular weight is 398 g/mol. The van der Waals surface area contributed by atoms with Crippen LogP contribution in [0.1, 0.15) is 45.2 Å². The lowest BCUT2D eigenvalue weighted by atomic mass is 10.1. The summed E-state index contributed by atoms with van der Waals surface area (Å²) in [6.45, 7) is 8.35. The van der Waals surface area contributed by atoms with Gasteiger partial charge in [-0.05, 0) is 31.0 Å². The first-order valence-electron chi connectivity index (χ1n) is 10.3. The number of hydrogen-bond donors (Lipinski definition) is 1. The van der Waals surface area contributed by atoms with Crippen LogP contribution in [-0.4, -0.2) is 48.7 Å². The summed E-state index contributed by atoms with van der Waals surface area (Å²) in [4.78, 5) is 24.5. The molecule has 156 valence electrons. The molecule has 7 nitrogen and oxygen atoms in total. The summed E-state index contributed by atoms with van der Waals surface area (Å²) in [7, 11) is 2.06. The summed E-state index contributed by atoms with van der Waals surface area (Å²) in [6, 6.07) is 9.99. The number of benzene rings is 1. The van der Waals surface area contributed by atoms with E-state index >= 15 is 0 Å². The van der Waals surface area contributed by atoms with Crippen LogP contribution in [0.3, 0.4) is 0 Å². The quantitative estimate of drug-likeness (QED) is 0.738. The maximum atomic E-state index is 11.2. The monoisotopic (exact) mass is 397 g/mol. The van der Waals surface area contributed by atoms with Crippen LogP contribution < -0.4 is 19.9 Å². The highest BCUT2D eigenvalue weighted by Gasteiger charge is 2.25. The maximum Gasteiger partial charge on any atom is 0.217 e. The van der Waals surface area contributed by atoms with Gasteiger partial charge in [0.05, 0.1) is 12.6 Å². The number of carbonyl (C=O) groups is 1. The van der Waals surface area contributed by atoms with Crippen LogP contribution in [0.15, 0.2) is 36.7 Å². The molecule has 0 spiro atoms. The maximum absolute atomic E-state index is 11.2. The predicted octanol–water partition coefficient (Wildman–Crippen LogP) is 3.18. The molecule has 0 radical (unpaired) electrons. The molecular formula is C22H31N5O2. The van der Waals surface area contributed by atoms with Crippen molar-refractivity contribution in [1.82, 2.24) is 15.3 Å². The first-order valence-corrected chi connectivity index (χ1v) is 10.3. The van der Waals surface area contributed by atoms with Gasteiger partial charge in [0.1, 0.15) is 29.8 Å². The molecule has 2 aromatic rings. The highest BCUT2D eigenvalue weighted by molar-refractivity contribution is 5.73. The summed E-state index contributed by atoms with van der Waals surface area (Å²) in [5.41, 5.74) is 1.06. The Balaban J connectivity index is 1.57. The summed E-state index contributed by atoms with van der Waals surface area (Å²) in [6.07, 6.45) is 3.80. The van der Waals surface area contributed by atoms with Gasteiger partial charge in [-0.15, -0.1) is 0 Å². The lowest BCUT2D eigenvalue weighted by Crippen LogP contribution is -2.26. The van der Waals surface area contributed by atoms with Crippen LogP contribution in [0, 0.1) is 0 Å². The Hall–Kier alpha value is -2.83. The van der Waals surface area contributed by atoms with E-state index in [1.165, 1.54) is 6.92 Å². The van der Waals surface area contributed by atoms with E-state index in [4.69, 9.17) is 4.74 Å². The Bertz CT molecular complexity index is 811. The topological polar surface area (TPSA) is 70.6 Å². The van der Waals surface area contributed by atoms with Gasteiger partial charge in [-0.2, -0.15) is 0 Å². The summed E-state index contributed by atoms with van der Waals surface area (Å²) < 4.78 is 6.18. The zero-order valence-corrected chi connectivity index (χ0v) is 17.8. The first kappa shape index (κ1) is 20.9. The third-order valence-corrected chi connectivity index (χ3v) is 5.16. The molecule has 1 N–H and O–H groups in total. The van der Waals surface area contributed by atoms with Gasteiger partial charge in [-0.1, -0.05) is 19.1 Å². The van der Waals surface area contributed by atoms with Gasteiger partial charge >= 0.3 is 0 Å². The second-order valence-corrected chi connectivity index (χ2v) is 7.62. The van der Waals surface area contributed by atoms with E-state index in [9.17, 15) is 4.79 Å². The van der Waals surface area contributed by atoms with E-state index < -0.39 is 0 Å². The van der Waals surface area contributed by atoms with E-state index in [2.05, 4.69) is 45.1 Å². The van der Waals surface area contributed by atoms with Crippen LogP contribution in [0.2, 0.25) is 0 Å². The van der Waals surface area contributed by atoms with E-state index in [-0.39, 0.29) is 18.1 Å². The summed E-state index contributed by atoms with van der Waals surface area (Å²) in [5, 5.41) is 2.89. The van der Waals surface area contributed by atoms with Gasteiger partial charge in [0.15, 0.2) is 0 Å². The largest absolute Gasteiger partial charge is 0.489 e. The number of nitrogens with zero attached hydrogens (tertiary/aromatic N) is 4. The molecular weight excluding hydrogens is 366 g/mol. The molecule has 1 aromatic heterocycles. The standard InChI is InChI=1S/C22H31N5O2/c1-5-11-26(4)21-13-22(24-15-23-21)27-12-10-20(14-27)29-19-8-6-18(7-9-19)16(2)25-17(3)28/h6-9,13,15-16,20H,5,10-12,14H2,1-4H3,(H,25,28)/t16-,20+/m0/s1. The summed E-state index contributed by atoms with van der Waals surface area (Å²) >= 11 is 0. The molecule has 1 amide bonds. The number of hydrogen-bond acceptors (Lipinski definition) is 6. The van der Waals surface area contributed by atoms with E-state index in [0.717, 1.165) is 55.4 Å². The molecule has 2 atom stereocenters. The van der Waals surface area contributed by atoms with Crippen molar-refractivity contribution in [3.8, 4) is 5.75 Å². The lowest BCUT2D eigenvalue weighted by molar-refractivity contribution is -0.119. The van der Waals surface area contributed by atoms with E-state index in [0.29, 0.717) is 0 Å². The van der Waals surface area contributed by atoms with E-state index in [1.807, 2.05) is 31.2 Å². The number of nitrogens with one attached hydrogen (secondary N) is 1. The van der Waals surface area contributed by atoms with Crippen molar-refractivity contribution in [3.05, 3.63) is 42.2 Å². The second kappa shape index (κ2) is 9.58. The Labute approximate surface area is 173 Å². The zero-order valence-electron chi connectivity index (χ0n) is 17.8. The fourth-order valence-electron chi connectivity index (χ4n) is 3.62. The van der Waals surface area contributed by atoms with Crippen LogP contribution in [0.5, 0.6) is 5.75 Å². The van der Waals surface area contributed by atoms with Gasteiger partial charge in [0, 0.05) is 39.5 Å². The van der Waals surface area contributed by atoms with Crippen molar-refractivity contribution in [1.29, 1.82) is 0 Å². The van der Waals surface area contributed by atoms with Crippen molar-refractivity contribution in [2.45, 2.75) is 45.8 Å². The first-order chi connectivity index (χ1) is 14.0. The normalized spacial score (nSPS) is 17.1. The molecule has 3 rings (SSSR count). The molecule has 1 aliphatic heterocycles. The van der Waals surface area contributed by atoms with Crippen LogP contribution in [-0.2, 0) is 4.79 Å². The van der Waals surface area contributed by atoms with Crippen molar-refractivity contribution in [3.63, 3.8) is 0 Å². The number of amides is 1. The average Bonchev–Trinajstić information content (AvgIpc) is 3.17. The van der Waals surface area contributed by atoms with Crippen molar-refractivity contribution < 1.29 is 9.53 Å². The number of carbonyl (C=O) groups excluding carboxylic acids is 1. The van der Waals surface area contributed by atoms with Gasteiger partial charge in [-0.3, -0.25) is 4.79 Å². The van der Waals surface area contributed by atoms with Crippen molar-refractivity contribution in [2.24, 2.45) is 0 Å². The lowest BCUT2D eigenvalue weighted by Gasteiger charge is -2.21. The number of ether oxygens (including phenoxy) is 1. The molecule has 2 heterocycles. The second-order valence-electron chi connectivity index (χ2n) is 7.62. The number of anilines is 2. The smallest absolute Gasteiger partial charge is 0.217 e. The SMILES string of the molecule is CCCN(C)c1cc(N2CC[C@@H](Oc3ccc([C@H](C)NC(C)=O)cc3)C2)ncn1. The van der Waals surface area contributed by atoms with Crippen LogP contribution in [0.25, 0.3) is 0 Å². The molecule has 29 heavy (non-hydrogen) atoms. The third kappa shape index (κ3) is 5.59. The van der Waals surface area contributed by atoms with Gasteiger partial charge in [-0.25, -0.2) is 9.97 Å². The fourth-order valence-corrected chi connectivity index (χ4v) is 3.62. The van der Waals surface area contributed by atoms with Crippen molar-refractivity contribution >= 4 is 17.5 Å². The summed E-state index contributed by atoms with van der Waals surface area (Å²) in [5.74, 6) is 2.72. The molecule has 0 bridgehead atoms. The minimum absolute atomic E-state index is 0.0127. The van der Waals surface area contributed by atoms with Crippen molar-refractivity contribution in [2.75, 3.05) is 36.5 Å². The van der Waals surface area contributed by atoms with Crippen LogP contribution >= 0.6 is 0 Å². The molecule has 0 aliphatic carbocycles. The zero-order chi connectivity index (χ0) is 20.8. The molecule has 7 heteroatoms. The number of rotatable bonds is 8. The minimum Gasteiger partial charge on any atom is -0.489 e. The minimum atomic E-state index is -0.0300. The highest BCUT2D eigenvalue weighted by Crippen LogP contribution is 2.25.